The van der Waals surface area contributed by atoms with Crippen LogP contribution < -0.4 is 10.2 Å². The minimum Gasteiger partial charge on any atom is -0.354 e. The van der Waals surface area contributed by atoms with Gasteiger partial charge in [0.15, 0.2) is 0 Å². The summed E-state index contributed by atoms with van der Waals surface area (Å²) in [5.41, 5.74) is 30.6. The molecule has 0 fully saturated rings. The van der Waals surface area contributed by atoms with E-state index in [1.807, 2.05) is 42.5 Å². The van der Waals surface area contributed by atoms with Gasteiger partial charge in [0.2, 0.25) is 6.41 Å². The van der Waals surface area contributed by atoms with Crippen LogP contribution in [0.5, 0.6) is 0 Å². The second-order valence-corrected chi connectivity index (χ2v) is 28.5. The van der Waals surface area contributed by atoms with Crippen LogP contribution in [0.1, 0.15) is 18.2 Å². The lowest BCUT2D eigenvalue weighted by Gasteiger charge is -2.22. The highest BCUT2D eigenvalue weighted by Gasteiger charge is 2.22. The summed E-state index contributed by atoms with van der Waals surface area (Å²) < 4.78 is 9.48. The lowest BCUT2D eigenvalue weighted by Crippen LogP contribution is -2.15. The van der Waals surface area contributed by atoms with Crippen molar-refractivity contribution in [2.75, 3.05) is 10.2 Å². The molecule has 4 aromatic heterocycles. The Kier molecular flexibility index (Phi) is 16.3. The predicted molar refractivity (Wildman–Crippen MR) is 468 cm³/mol. The van der Waals surface area contributed by atoms with E-state index in [4.69, 9.17) is 0 Å². The molecule has 20 aromatic rings. The molecule has 0 radical (unpaired) electrons. The second kappa shape index (κ2) is 27.5. The van der Waals surface area contributed by atoms with Crippen LogP contribution in [0, 0.1) is 0 Å². The van der Waals surface area contributed by atoms with E-state index in [0.29, 0.717) is 5.69 Å². The zero-order valence-electron chi connectivity index (χ0n) is 61.0. The number of nitrogens with zero attached hydrogens (tertiary/aromatic N) is 5. The van der Waals surface area contributed by atoms with Gasteiger partial charge in [-0.2, -0.15) is 0 Å². The molecule has 1 N–H and O–H groups in total. The molecule has 1 amide bonds. The summed E-state index contributed by atoms with van der Waals surface area (Å²) in [5.74, 6) is 0. The molecule has 16 aromatic carbocycles. The van der Waals surface area contributed by atoms with Crippen molar-refractivity contribution in [3.63, 3.8) is 0 Å². The van der Waals surface area contributed by atoms with E-state index in [9.17, 15) is 4.79 Å². The Balaban J connectivity index is 0.640. The smallest absolute Gasteiger partial charge is 0.218 e. The number of para-hydroxylation sites is 9. The van der Waals surface area contributed by atoms with Crippen molar-refractivity contribution in [1.29, 1.82) is 0 Å². The van der Waals surface area contributed by atoms with Gasteiger partial charge in [0.05, 0.1) is 55.7 Å². The highest BCUT2D eigenvalue weighted by atomic mass is 16.1. The number of carbonyl (C=O) groups excluding carboxylic acids is 1. The van der Waals surface area contributed by atoms with E-state index in [2.05, 4.69) is 389 Å². The van der Waals surface area contributed by atoms with E-state index >= 15 is 0 Å². The van der Waals surface area contributed by atoms with Crippen molar-refractivity contribution < 1.29 is 4.79 Å². The number of anilines is 4. The van der Waals surface area contributed by atoms with Crippen molar-refractivity contribution in [2.45, 2.75) is 6.92 Å². The first-order valence-electron chi connectivity index (χ1n) is 37.8. The van der Waals surface area contributed by atoms with Gasteiger partial charge in [-0.25, -0.2) is 0 Å². The highest BCUT2D eigenvalue weighted by molar-refractivity contribution is 6.12. The van der Waals surface area contributed by atoms with Crippen LogP contribution >= 0.6 is 0 Å². The normalized spacial score (nSPS) is 11.7. The van der Waals surface area contributed by atoms with Crippen molar-refractivity contribution in [2.24, 2.45) is 0 Å². The Hall–Kier alpha value is -14.8. The van der Waals surface area contributed by atoms with E-state index in [0.717, 1.165) is 141 Å². The van der Waals surface area contributed by atoms with Crippen LogP contribution in [0.2, 0.25) is 0 Å². The number of fused-ring (bicyclic) bond motifs is 10. The average molecular weight is 1420 g/mol. The van der Waals surface area contributed by atoms with Gasteiger partial charge in [0.1, 0.15) is 0 Å². The fourth-order valence-electron chi connectivity index (χ4n) is 17.0. The lowest BCUT2D eigenvalue weighted by atomic mass is 9.93. The molecular weight excluding hydrogens is 1350 g/mol. The number of benzene rings is 16. The highest BCUT2D eigenvalue weighted by Crippen LogP contribution is 2.44. The Bertz CT molecular complexity index is 6780. The van der Waals surface area contributed by atoms with Gasteiger partial charge in [-0.1, -0.05) is 231 Å². The van der Waals surface area contributed by atoms with Crippen molar-refractivity contribution in [3.8, 4) is 89.5 Å². The number of rotatable bonds is 17. The van der Waals surface area contributed by atoms with Gasteiger partial charge in [-0.15, -0.1) is 0 Å². The summed E-state index contributed by atoms with van der Waals surface area (Å²) in [6.45, 7) is 6.38. The van der Waals surface area contributed by atoms with Gasteiger partial charge >= 0.3 is 0 Å². The quantitative estimate of drug-likeness (QED) is 0.0924. The largest absolute Gasteiger partial charge is 0.354 e. The van der Waals surface area contributed by atoms with E-state index in [1.54, 1.807) is 4.90 Å². The standard InChI is InChI=1S/C104H72N6O/c1-3-25-87-88-34-5-13-42-97(88)107(96(87)4-2)83-30-21-26-71(64-83)79-60-76(61-80(63-79)74-29-24-33-86(67-74)110-102-47-18-10-39-93(102)94-40-11-19-48-103(94)110)70-52-56-82(57-53-70)106(68-111)104-49-20-12-41-95(104)105-81-54-50-69(51-55-81)75-58-77(72-27-22-31-84(65-72)108-98-43-14-6-35-89(98)90-36-7-15-44-99(90)108)62-78(59-75)73-28-23-32-85(66-73)109-100-45-16-8-37-91(100)92-38-9-17-46-101(92)109/h3-68,105H,2H2,1H3/b25-3-. The molecule has 0 spiro atoms. The van der Waals surface area contributed by atoms with Crippen molar-refractivity contribution in [1.82, 2.24) is 18.3 Å². The van der Waals surface area contributed by atoms with Crippen LogP contribution in [0.4, 0.5) is 22.7 Å². The van der Waals surface area contributed by atoms with Crippen molar-refractivity contribution >= 4 is 118 Å². The minimum atomic E-state index is 0.716. The molecule has 7 nitrogen and oxygen atoms in total. The van der Waals surface area contributed by atoms with Gasteiger partial charge in [-0.3, -0.25) is 9.69 Å². The first-order valence-corrected chi connectivity index (χ1v) is 37.8. The maximum Gasteiger partial charge on any atom is 0.218 e. The SMILES string of the molecule is C=Cc1c(/C=C\C)c2ccccc2n1-c1cccc(-c2cc(-c3ccc(N(C=O)c4ccccc4Nc4ccc(-c5cc(-c6cccc(-n7c8ccccc8c8ccccc87)c6)cc(-c6cccc(-n7c8ccccc8c8ccccc87)c6)c5)cc4)cc3)cc(-c3cccc(-n4c5ccccc5c5ccccc54)c3)c2)c1. The number of carbonyl (C=O) groups is 1. The molecule has 0 aliphatic rings. The zero-order chi connectivity index (χ0) is 74.0. The molecule has 0 aliphatic heterocycles. The molecule has 0 unspecified atom stereocenters. The molecule has 0 saturated carbocycles. The molecule has 0 atom stereocenters. The topological polar surface area (TPSA) is 52.1 Å². The summed E-state index contributed by atoms with van der Waals surface area (Å²) in [5, 5.41) is 12.2. The third-order valence-electron chi connectivity index (χ3n) is 22.1. The number of nitrogens with one attached hydrogen (secondary N) is 1. The zero-order valence-corrected chi connectivity index (χ0v) is 61.0. The summed E-state index contributed by atoms with van der Waals surface area (Å²) >= 11 is 0. The van der Waals surface area contributed by atoms with Gasteiger partial charge in [-0.05, 0) is 244 Å². The summed E-state index contributed by atoms with van der Waals surface area (Å²) in [6, 6.07) is 135. The fraction of sp³-hybridized carbons (Fsp3) is 0.00962. The van der Waals surface area contributed by atoms with Gasteiger partial charge < -0.3 is 23.6 Å². The third-order valence-corrected chi connectivity index (χ3v) is 22.1. The van der Waals surface area contributed by atoms with Crippen LogP contribution in [0.25, 0.3) is 178 Å². The summed E-state index contributed by atoms with van der Waals surface area (Å²) in [4.78, 5) is 15.4. The maximum absolute atomic E-state index is 13.7. The number of aromatic nitrogens is 4. The minimum absolute atomic E-state index is 0.716. The molecule has 0 saturated heterocycles. The van der Waals surface area contributed by atoms with E-state index < -0.39 is 0 Å². The maximum atomic E-state index is 13.7. The Morgan fingerprint density at radius 1 is 0.288 bits per heavy atom. The van der Waals surface area contributed by atoms with Crippen molar-refractivity contribution in [3.05, 3.63) is 400 Å². The molecule has 524 valence electrons. The van der Waals surface area contributed by atoms with E-state index in [-0.39, 0.29) is 0 Å². The molecule has 20 rings (SSSR count). The van der Waals surface area contributed by atoms with E-state index in [1.165, 1.54) is 59.8 Å². The molecule has 0 aliphatic carbocycles. The average Bonchev–Trinajstić information content (AvgIpc) is 1.56. The third kappa shape index (κ3) is 11.5. The fourth-order valence-corrected chi connectivity index (χ4v) is 17.0. The number of hydrogen-bond donors (Lipinski definition) is 1. The molecule has 4 heterocycles. The predicted octanol–water partition coefficient (Wildman–Crippen LogP) is 27.6. The summed E-state index contributed by atoms with van der Waals surface area (Å²) in [6.07, 6.45) is 7.14. The van der Waals surface area contributed by atoms with Gasteiger partial charge in [0, 0.05) is 77.4 Å². The molecule has 7 heteroatoms. The first-order chi connectivity index (χ1) is 54.9. The molecular formula is C104H72N6O. The Labute approximate surface area is 643 Å². The number of amides is 1. The van der Waals surface area contributed by atoms with Crippen LogP contribution in [-0.4, -0.2) is 24.7 Å². The number of hydrogen-bond acceptors (Lipinski definition) is 2. The Morgan fingerprint density at radius 2 is 0.595 bits per heavy atom. The molecule has 0 bridgehead atoms. The molecule has 111 heavy (non-hydrogen) atoms. The summed E-state index contributed by atoms with van der Waals surface area (Å²) in [7, 11) is 0. The number of allylic oxidation sites excluding steroid dienone is 1. The van der Waals surface area contributed by atoms with Gasteiger partial charge in [0.25, 0.3) is 0 Å². The van der Waals surface area contributed by atoms with Crippen LogP contribution in [-0.2, 0) is 4.79 Å². The second-order valence-electron chi connectivity index (χ2n) is 28.5. The van der Waals surface area contributed by atoms with Crippen LogP contribution in [0.15, 0.2) is 389 Å². The Morgan fingerprint density at radius 3 is 0.946 bits per heavy atom. The monoisotopic (exact) mass is 1420 g/mol. The lowest BCUT2D eigenvalue weighted by molar-refractivity contribution is -0.106. The van der Waals surface area contributed by atoms with Crippen LogP contribution in [0.3, 0.4) is 0 Å². The first kappa shape index (κ1) is 65.7.